The molecule has 0 fully saturated rings. The van der Waals surface area contributed by atoms with Crippen LogP contribution in [0.4, 0.5) is 4.39 Å². The fourth-order valence-electron chi connectivity index (χ4n) is 2.46. The minimum absolute atomic E-state index is 0.155. The Hall–Kier alpha value is -1.87. The maximum atomic E-state index is 14.1. The minimum atomic E-state index is -0.883. The molecule has 2 nitrogen and oxygen atoms in total. The second kappa shape index (κ2) is 6.06. The molecular formula is C17H19FO2. The third-order valence-electron chi connectivity index (χ3n) is 3.28. The van der Waals surface area contributed by atoms with Crippen molar-refractivity contribution < 1.29 is 14.2 Å². The average Bonchev–Trinajstić information content (AvgIpc) is 2.37. The smallest absolute Gasteiger partial charge is 0.170 e. The third kappa shape index (κ3) is 3.17. The Morgan fingerprint density at radius 1 is 1.15 bits per heavy atom. The number of ether oxygens (including phenoxy) is 1. The molecule has 0 saturated carbocycles. The van der Waals surface area contributed by atoms with Gasteiger partial charge in [0.15, 0.2) is 11.6 Å². The predicted octanol–water partition coefficient (Wildman–Crippen LogP) is 3.73. The largest absolute Gasteiger partial charge is 0.494 e. The van der Waals surface area contributed by atoms with Crippen molar-refractivity contribution >= 4 is 0 Å². The van der Waals surface area contributed by atoms with Crippen molar-refractivity contribution in [3.63, 3.8) is 0 Å². The van der Waals surface area contributed by atoms with Crippen molar-refractivity contribution in [3.8, 4) is 5.75 Å². The molecule has 0 amide bonds. The number of aliphatic hydroxyl groups excluding tert-OH is 1. The summed E-state index contributed by atoms with van der Waals surface area (Å²) < 4.78 is 19.0. The number of aryl methyl sites for hydroxylation is 2. The molecule has 3 heteroatoms. The van der Waals surface area contributed by atoms with Gasteiger partial charge in [0.05, 0.1) is 13.2 Å². The molecule has 0 radical (unpaired) electrons. The summed E-state index contributed by atoms with van der Waals surface area (Å²) in [6.07, 6.45) is -0.502. The first-order valence-electron chi connectivity index (χ1n) is 6.59. The van der Waals surface area contributed by atoms with Gasteiger partial charge in [-0.25, -0.2) is 4.39 Å². The zero-order valence-electron chi connectivity index (χ0n) is 12.0. The highest BCUT2D eigenvalue weighted by Gasteiger charge is 2.16. The van der Waals surface area contributed by atoms with Gasteiger partial charge in [0, 0.05) is 12.0 Å². The number of aliphatic hydroxyl groups is 1. The first-order valence-corrected chi connectivity index (χ1v) is 6.59. The van der Waals surface area contributed by atoms with E-state index in [0.717, 1.165) is 16.7 Å². The summed E-state index contributed by atoms with van der Waals surface area (Å²) in [6, 6.07) is 10.9. The molecule has 2 aromatic rings. The van der Waals surface area contributed by atoms with E-state index < -0.39 is 11.9 Å². The Labute approximate surface area is 118 Å². The maximum absolute atomic E-state index is 14.1. The summed E-state index contributed by atoms with van der Waals surface area (Å²) in [6.45, 7) is 4.02. The molecule has 0 heterocycles. The van der Waals surface area contributed by atoms with Crippen molar-refractivity contribution in [2.45, 2.75) is 26.4 Å². The Morgan fingerprint density at radius 2 is 1.80 bits per heavy atom. The summed E-state index contributed by atoms with van der Waals surface area (Å²) in [5, 5.41) is 10.3. The van der Waals surface area contributed by atoms with Crippen LogP contribution in [-0.2, 0) is 6.42 Å². The highest BCUT2D eigenvalue weighted by molar-refractivity contribution is 5.34. The molecular weight excluding hydrogens is 255 g/mol. The van der Waals surface area contributed by atoms with Crippen molar-refractivity contribution in [1.29, 1.82) is 0 Å². The van der Waals surface area contributed by atoms with Gasteiger partial charge >= 0.3 is 0 Å². The lowest BCUT2D eigenvalue weighted by Gasteiger charge is -2.14. The number of benzene rings is 2. The van der Waals surface area contributed by atoms with Crippen molar-refractivity contribution in [2.75, 3.05) is 7.11 Å². The first kappa shape index (κ1) is 14.5. The molecule has 0 saturated heterocycles. The van der Waals surface area contributed by atoms with Crippen LogP contribution >= 0.6 is 0 Å². The third-order valence-corrected chi connectivity index (χ3v) is 3.28. The number of methoxy groups -OCH3 is 1. The Balaban J connectivity index is 2.26. The maximum Gasteiger partial charge on any atom is 0.170 e. The van der Waals surface area contributed by atoms with Gasteiger partial charge in [-0.3, -0.25) is 0 Å². The van der Waals surface area contributed by atoms with Crippen LogP contribution in [0.1, 0.15) is 28.4 Å². The van der Waals surface area contributed by atoms with Crippen molar-refractivity contribution in [2.24, 2.45) is 0 Å². The predicted molar refractivity (Wildman–Crippen MR) is 77.5 cm³/mol. The van der Waals surface area contributed by atoms with Gasteiger partial charge in [0.25, 0.3) is 0 Å². The lowest BCUT2D eigenvalue weighted by Crippen LogP contribution is -2.06. The zero-order valence-corrected chi connectivity index (χ0v) is 12.0. The molecule has 1 atom stereocenters. The van der Waals surface area contributed by atoms with Crippen LogP contribution in [0, 0.1) is 19.7 Å². The van der Waals surface area contributed by atoms with Gasteiger partial charge in [-0.15, -0.1) is 0 Å². The Kier molecular flexibility index (Phi) is 4.40. The number of halogens is 1. The van der Waals surface area contributed by atoms with E-state index in [9.17, 15) is 9.50 Å². The van der Waals surface area contributed by atoms with Crippen LogP contribution in [0.15, 0.2) is 36.4 Å². The number of rotatable bonds is 4. The fourth-order valence-corrected chi connectivity index (χ4v) is 2.46. The molecule has 106 valence electrons. The molecule has 0 bridgehead atoms. The molecule has 20 heavy (non-hydrogen) atoms. The highest BCUT2D eigenvalue weighted by atomic mass is 19.1. The van der Waals surface area contributed by atoms with Crippen LogP contribution in [0.3, 0.4) is 0 Å². The van der Waals surface area contributed by atoms with Crippen LogP contribution in [0.2, 0.25) is 0 Å². The lowest BCUT2D eigenvalue weighted by atomic mass is 9.98. The Morgan fingerprint density at radius 3 is 2.40 bits per heavy atom. The summed E-state index contributed by atoms with van der Waals surface area (Å²) >= 11 is 0. The van der Waals surface area contributed by atoms with Crippen LogP contribution in [0.5, 0.6) is 5.75 Å². The van der Waals surface area contributed by atoms with Gasteiger partial charge in [-0.2, -0.15) is 0 Å². The Bertz CT molecular complexity index is 588. The van der Waals surface area contributed by atoms with E-state index in [0.29, 0.717) is 6.42 Å². The first-order chi connectivity index (χ1) is 9.51. The van der Waals surface area contributed by atoms with Crippen LogP contribution < -0.4 is 4.74 Å². The van der Waals surface area contributed by atoms with Crippen molar-refractivity contribution in [3.05, 3.63) is 64.5 Å². The summed E-state index contributed by atoms with van der Waals surface area (Å²) in [4.78, 5) is 0. The average molecular weight is 274 g/mol. The quantitative estimate of drug-likeness (QED) is 0.920. The van der Waals surface area contributed by atoms with Gasteiger partial charge in [0.2, 0.25) is 0 Å². The topological polar surface area (TPSA) is 29.5 Å². The summed E-state index contributed by atoms with van der Waals surface area (Å²) in [7, 11) is 1.42. The minimum Gasteiger partial charge on any atom is -0.494 e. The van der Waals surface area contributed by atoms with Gasteiger partial charge in [-0.1, -0.05) is 41.5 Å². The van der Waals surface area contributed by atoms with Gasteiger partial charge in [-0.05, 0) is 25.5 Å². The van der Waals surface area contributed by atoms with E-state index in [1.807, 2.05) is 26.0 Å². The molecule has 0 aliphatic carbocycles. The summed E-state index contributed by atoms with van der Waals surface area (Å²) in [5.41, 5.74) is 3.54. The molecule has 0 aliphatic rings. The number of hydrogen-bond acceptors (Lipinski definition) is 2. The molecule has 2 rings (SSSR count). The second-order valence-corrected chi connectivity index (χ2v) is 5.08. The standard InChI is InChI=1S/C17H19FO2/c1-11-7-12(2)9-13(8-11)10-15(19)14-5-4-6-16(20-3)17(14)18/h4-9,15,19H,10H2,1-3H3. The van der Waals surface area contributed by atoms with E-state index in [4.69, 9.17) is 4.74 Å². The monoisotopic (exact) mass is 274 g/mol. The van der Waals surface area contributed by atoms with Crippen LogP contribution in [-0.4, -0.2) is 12.2 Å². The fraction of sp³-hybridized carbons (Fsp3) is 0.294. The van der Waals surface area contributed by atoms with E-state index >= 15 is 0 Å². The van der Waals surface area contributed by atoms with Gasteiger partial charge in [0.1, 0.15) is 0 Å². The SMILES string of the molecule is COc1cccc(C(O)Cc2cc(C)cc(C)c2)c1F. The molecule has 1 N–H and O–H groups in total. The molecule has 2 aromatic carbocycles. The molecule has 0 spiro atoms. The molecule has 0 aromatic heterocycles. The second-order valence-electron chi connectivity index (χ2n) is 5.08. The van der Waals surface area contributed by atoms with E-state index in [1.54, 1.807) is 18.2 Å². The molecule has 0 aliphatic heterocycles. The van der Waals surface area contributed by atoms with Crippen molar-refractivity contribution in [1.82, 2.24) is 0 Å². The number of hydrogen-bond donors (Lipinski definition) is 1. The summed E-state index contributed by atoms with van der Waals surface area (Å²) in [5.74, 6) is -0.339. The lowest BCUT2D eigenvalue weighted by molar-refractivity contribution is 0.172. The van der Waals surface area contributed by atoms with Gasteiger partial charge < -0.3 is 9.84 Å². The van der Waals surface area contributed by atoms with E-state index in [1.165, 1.54) is 7.11 Å². The van der Waals surface area contributed by atoms with Crippen LogP contribution in [0.25, 0.3) is 0 Å². The zero-order chi connectivity index (χ0) is 14.7. The van der Waals surface area contributed by atoms with E-state index in [-0.39, 0.29) is 11.3 Å². The normalized spacial score (nSPS) is 12.2. The molecule has 1 unspecified atom stereocenters. The van der Waals surface area contributed by atoms with E-state index in [2.05, 4.69) is 6.07 Å². The highest BCUT2D eigenvalue weighted by Crippen LogP contribution is 2.27.